The maximum atomic E-state index is 13.4. The Morgan fingerprint density at radius 1 is 0.732 bits per heavy atom. The van der Waals surface area contributed by atoms with Crippen molar-refractivity contribution in [2.24, 2.45) is 0 Å². The van der Waals surface area contributed by atoms with Crippen molar-refractivity contribution >= 4 is 16.7 Å². The molecule has 4 aromatic rings. The van der Waals surface area contributed by atoms with Crippen molar-refractivity contribution in [1.82, 2.24) is 10.2 Å². The first-order valence-corrected chi connectivity index (χ1v) is 12.5. The second-order valence-electron chi connectivity index (χ2n) is 9.30. The van der Waals surface area contributed by atoms with Crippen LogP contribution in [0, 0.1) is 0 Å². The van der Waals surface area contributed by atoms with Crippen LogP contribution in [0.1, 0.15) is 29.7 Å². The lowest BCUT2D eigenvalue weighted by Gasteiger charge is -2.25. The summed E-state index contributed by atoms with van der Waals surface area (Å²) >= 11 is 0. The highest BCUT2D eigenvalue weighted by molar-refractivity contribution is 5.86. The molecule has 0 aliphatic rings. The number of amides is 1. The van der Waals surface area contributed by atoms with Crippen molar-refractivity contribution in [3.63, 3.8) is 0 Å². The topological polar surface area (TPSA) is 50.8 Å². The van der Waals surface area contributed by atoms with Gasteiger partial charge in [0.05, 0.1) is 6.54 Å². The van der Waals surface area contributed by atoms with E-state index in [1.54, 1.807) is 0 Å². The summed E-state index contributed by atoms with van der Waals surface area (Å²) in [5.74, 6) is -1.11. The molecular weight excluding hydrogens is 550 g/mol. The Bertz CT molecular complexity index is 1390. The van der Waals surface area contributed by atoms with Gasteiger partial charge in [-0.15, -0.1) is 26.3 Å². The summed E-state index contributed by atoms with van der Waals surface area (Å²) in [5, 5.41) is 5.33. The number of fused-ring (bicyclic) bond motifs is 1. The van der Waals surface area contributed by atoms with Crippen LogP contribution in [0.2, 0.25) is 0 Å². The molecule has 0 aliphatic carbocycles. The molecule has 4 rings (SSSR count). The van der Waals surface area contributed by atoms with Crippen molar-refractivity contribution in [1.29, 1.82) is 0 Å². The van der Waals surface area contributed by atoms with Gasteiger partial charge in [0.1, 0.15) is 11.5 Å². The molecule has 0 saturated heterocycles. The quantitative estimate of drug-likeness (QED) is 0.199. The van der Waals surface area contributed by atoms with Crippen molar-refractivity contribution in [3.05, 3.63) is 108 Å². The Labute approximate surface area is 232 Å². The molecule has 0 saturated carbocycles. The van der Waals surface area contributed by atoms with Crippen LogP contribution in [0.25, 0.3) is 10.8 Å². The van der Waals surface area contributed by atoms with Crippen LogP contribution in [0.4, 0.5) is 26.3 Å². The van der Waals surface area contributed by atoms with Gasteiger partial charge in [0, 0.05) is 19.1 Å². The molecule has 1 amide bonds. The fourth-order valence-electron chi connectivity index (χ4n) is 4.36. The van der Waals surface area contributed by atoms with Crippen LogP contribution in [-0.4, -0.2) is 30.1 Å². The van der Waals surface area contributed by atoms with Crippen molar-refractivity contribution in [3.8, 4) is 11.5 Å². The third-order valence-corrected chi connectivity index (χ3v) is 6.26. The zero-order chi connectivity index (χ0) is 29.6. The van der Waals surface area contributed by atoms with E-state index in [2.05, 4.69) is 14.8 Å². The predicted octanol–water partition coefficient (Wildman–Crippen LogP) is 7.52. The predicted molar refractivity (Wildman–Crippen MR) is 141 cm³/mol. The number of hydrogen-bond acceptors (Lipinski definition) is 4. The normalized spacial score (nSPS) is 12.7. The number of alkyl halides is 6. The van der Waals surface area contributed by atoms with Gasteiger partial charge >= 0.3 is 12.7 Å². The standard InChI is InChI=1S/C30H26F6N2O3/c1-20(26-8-4-6-23-5-2-3-7-27(23)26)37-17-28(39)38(18-21-9-13-24(14-10-21)40-29(31,32)33)19-22-11-15-25(16-12-22)41-30(34,35)36/h2-16,20,37H,17-19H2,1H3/t20-/m1/s1. The Morgan fingerprint density at radius 3 is 1.73 bits per heavy atom. The molecule has 11 heteroatoms. The molecule has 0 bridgehead atoms. The summed E-state index contributed by atoms with van der Waals surface area (Å²) in [6, 6.07) is 23.8. The molecule has 0 spiro atoms. The maximum Gasteiger partial charge on any atom is 0.573 e. The lowest BCUT2D eigenvalue weighted by atomic mass is 10.00. The van der Waals surface area contributed by atoms with E-state index in [0.717, 1.165) is 40.6 Å². The monoisotopic (exact) mass is 576 g/mol. The minimum absolute atomic E-state index is 0.0380. The van der Waals surface area contributed by atoms with Gasteiger partial charge in [-0.25, -0.2) is 0 Å². The molecule has 1 N–H and O–H groups in total. The SMILES string of the molecule is C[C@@H](NCC(=O)N(Cc1ccc(OC(F)(F)F)cc1)Cc1ccc(OC(F)(F)F)cc1)c1cccc2ccccc12. The molecule has 0 heterocycles. The van der Waals surface area contributed by atoms with E-state index in [-0.39, 0.29) is 31.6 Å². The van der Waals surface area contributed by atoms with Gasteiger partial charge in [-0.2, -0.15) is 0 Å². The van der Waals surface area contributed by atoms with Crippen molar-refractivity contribution < 1.29 is 40.6 Å². The summed E-state index contributed by atoms with van der Waals surface area (Å²) < 4.78 is 83.0. The lowest BCUT2D eigenvalue weighted by Crippen LogP contribution is -2.38. The number of halogens is 6. The first-order chi connectivity index (χ1) is 19.4. The summed E-state index contributed by atoms with van der Waals surface area (Å²) in [4.78, 5) is 14.8. The smallest absolute Gasteiger partial charge is 0.406 e. The number of carbonyl (C=O) groups excluding carboxylic acids is 1. The number of nitrogens with zero attached hydrogens (tertiary/aromatic N) is 1. The highest BCUT2D eigenvalue weighted by Gasteiger charge is 2.31. The van der Waals surface area contributed by atoms with Crippen LogP contribution in [0.5, 0.6) is 11.5 Å². The molecule has 0 fully saturated rings. The van der Waals surface area contributed by atoms with Crippen molar-refractivity contribution in [2.45, 2.75) is 38.8 Å². The van der Waals surface area contributed by atoms with E-state index in [0.29, 0.717) is 11.1 Å². The molecule has 0 radical (unpaired) electrons. The summed E-state index contributed by atoms with van der Waals surface area (Å²) in [6.45, 7) is 1.94. The zero-order valence-corrected chi connectivity index (χ0v) is 21.8. The lowest BCUT2D eigenvalue weighted by molar-refractivity contribution is -0.275. The summed E-state index contributed by atoms with van der Waals surface area (Å²) in [6.07, 6.45) is -9.67. The van der Waals surface area contributed by atoms with Gasteiger partial charge in [-0.05, 0) is 58.7 Å². The average molecular weight is 577 g/mol. The van der Waals surface area contributed by atoms with Crippen molar-refractivity contribution in [2.75, 3.05) is 6.54 Å². The Morgan fingerprint density at radius 2 is 1.22 bits per heavy atom. The van der Waals surface area contributed by atoms with E-state index in [1.807, 2.05) is 49.4 Å². The van der Waals surface area contributed by atoms with Crippen LogP contribution >= 0.6 is 0 Å². The first-order valence-electron chi connectivity index (χ1n) is 12.5. The fraction of sp³-hybridized carbons (Fsp3) is 0.233. The van der Waals surface area contributed by atoms with Gasteiger partial charge in [0.15, 0.2) is 0 Å². The van der Waals surface area contributed by atoms with Gasteiger partial charge < -0.3 is 19.7 Å². The van der Waals surface area contributed by atoms with Crippen LogP contribution < -0.4 is 14.8 Å². The van der Waals surface area contributed by atoms with E-state index < -0.39 is 24.2 Å². The number of rotatable bonds is 10. The molecule has 0 unspecified atom stereocenters. The average Bonchev–Trinajstić information content (AvgIpc) is 2.91. The second-order valence-corrected chi connectivity index (χ2v) is 9.30. The molecule has 216 valence electrons. The largest absolute Gasteiger partial charge is 0.573 e. The zero-order valence-electron chi connectivity index (χ0n) is 21.8. The minimum atomic E-state index is -4.84. The molecule has 1 atom stereocenters. The van der Waals surface area contributed by atoms with Gasteiger partial charge in [-0.3, -0.25) is 4.79 Å². The second kappa shape index (κ2) is 12.5. The Kier molecular flexibility index (Phi) is 9.07. The maximum absolute atomic E-state index is 13.4. The Hall–Kier alpha value is -4.25. The number of hydrogen-bond donors (Lipinski definition) is 1. The van der Waals surface area contributed by atoms with Crippen LogP contribution in [0.15, 0.2) is 91.0 Å². The van der Waals surface area contributed by atoms with E-state index >= 15 is 0 Å². The van der Waals surface area contributed by atoms with E-state index in [4.69, 9.17) is 0 Å². The molecular formula is C30H26F6N2O3. The summed E-state index contributed by atoms with van der Waals surface area (Å²) in [5.41, 5.74) is 2.07. The summed E-state index contributed by atoms with van der Waals surface area (Å²) in [7, 11) is 0. The van der Waals surface area contributed by atoms with Gasteiger partial charge in [0.25, 0.3) is 0 Å². The molecule has 4 aromatic carbocycles. The Balaban J connectivity index is 1.49. The molecule has 5 nitrogen and oxygen atoms in total. The van der Waals surface area contributed by atoms with E-state index in [1.165, 1.54) is 29.2 Å². The first kappa shape index (κ1) is 29.7. The van der Waals surface area contributed by atoms with Crippen LogP contribution in [0.3, 0.4) is 0 Å². The third-order valence-electron chi connectivity index (χ3n) is 6.26. The van der Waals surface area contributed by atoms with Gasteiger partial charge in [0.2, 0.25) is 5.91 Å². The fourth-order valence-corrected chi connectivity index (χ4v) is 4.36. The van der Waals surface area contributed by atoms with E-state index in [9.17, 15) is 31.1 Å². The highest BCUT2D eigenvalue weighted by Crippen LogP contribution is 2.26. The van der Waals surface area contributed by atoms with Gasteiger partial charge in [-0.1, -0.05) is 66.7 Å². The third kappa shape index (κ3) is 8.87. The molecule has 0 aliphatic heterocycles. The number of nitrogens with one attached hydrogen (secondary N) is 1. The minimum Gasteiger partial charge on any atom is -0.406 e. The number of benzene rings is 4. The van der Waals surface area contributed by atoms with Crippen LogP contribution in [-0.2, 0) is 17.9 Å². The number of carbonyl (C=O) groups is 1. The molecule has 41 heavy (non-hydrogen) atoms. The molecule has 0 aromatic heterocycles. The highest BCUT2D eigenvalue weighted by atomic mass is 19.4. The number of ether oxygens (including phenoxy) is 2.